The van der Waals surface area contributed by atoms with Crippen LogP contribution in [-0.4, -0.2) is 31.0 Å². The third kappa shape index (κ3) is 3.47. The summed E-state index contributed by atoms with van der Waals surface area (Å²) in [6.07, 6.45) is 4.83. The van der Waals surface area contributed by atoms with Gasteiger partial charge in [0, 0.05) is 23.7 Å². The first-order valence-electron chi connectivity index (χ1n) is 8.26. The summed E-state index contributed by atoms with van der Waals surface area (Å²) in [7, 11) is 0. The molecule has 0 aliphatic rings. The minimum Gasteiger partial charge on any atom is -0.463 e. The monoisotopic (exact) mass is 383 g/mol. The Hall–Kier alpha value is -3.40. The van der Waals surface area contributed by atoms with Crippen molar-refractivity contribution in [1.82, 2.24) is 25.0 Å². The molecule has 0 bridgehead atoms. The fourth-order valence-electron chi connectivity index (χ4n) is 2.59. The molecule has 4 rings (SSSR count). The number of amides is 2. The molecular weight excluding hydrogens is 366 g/mol. The summed E-state index contributed by atoms with van der Waals surface area (Å²) >= 11 is 1.46. The van der Waals surface area contributed by atoms with Gasteiger partial charge in [-0.05, 0) is 26.0 Å². The van der Waals surface area contributed by atoms with Crippen molar-refractivity contribution in [3.63, 3.8) is 0 Å². The summed E-state index contributed by atoms with van der Waals surface area (Å²) in [5, 5.41) is 19.6. The molecule has 0 atom stereocenters. The van der Waals surface area contributed by atoms with Crippen LogP contribution in [0.15, 0.2) is 46.7 Å². The number of aromatic amines is 1. The molecule has 3 N–H and O–H groups in total. The SMILES string of the molecule is CC(C)n1nc(-c2ccco2)cc1NC(=O)Nc1cn[nH]c1-c1nccs1. The molecule has 0 radical (unpaired) electrons. The summed E-state index contributed by atoms with van der Waals surface area (Å²) in [4.78, 5) is 16.8. The van der Waals surface area contributed by atoms with Crippen molar-refractivity contribution in [2.75, 3.05) is 10.6 Å². The van der Waals surface area contributed by atoms with E-state index in [0.717, 1.165) is 5.01 Å². The van der Waals surface area contributed by atoms with E-state index < -0.39 is 6.03 Å². The topological polar surface area (TPSA) is 114 Å². The molecule has 0 aromatic carbocycles. The van der Waals surface area contributed by atoms with Crippen molar-refractivity contribution in [3.8, 4) is 22.2 Å². The van der Waals surface area contributed by atoms with E-state index in [1.54, 1.807) is 35.5 Å². The number of nitrogens with zero attached hydrogens (tertiary/aromatic N) is 4. The van der Waals surface area contributed by atoms with Crippen LogP contribution < -0.4 is 10.6 Å². The van der Waals surface area contributed by atoms with Crippen LogP contribution in [0.1, 0.15) is 19.9 Å². The van der Waals surface area contributed by atoms with Gasteiger partial charge in [-0.3, -0.25) is 10.4 Å². The summed E-state index contributed by atoms with van der Waals surface area (Å²) in [6, 6.07) is 5.05. The highest BCUT2D eigenvalue weighted by Crippen LogP contribution is 2.28. The molecule has 0 saturated carbocycles. The second kappa shape index (κ2) is 7.08. The van der Waals surface area contributed by atoms with Crippen molar-refractivity contribution >= 4 is 28.9 Å². The fraction of sp³-hybridized carbons (Fsp3) is 0.176. The Kier molecular flexibility index (Phi) is 4.47. The zero-order chi connectivity index (χ0) is 18.8. The van der Waals surface area contributed by atoms with Crippen LogP contribution in [-0.2, 0) is 0 Å². The lowest BCUT2D eigenvalue weighted by molar-refractivity contribution is 0.262. The Labute approximate surface area is 158 Å². The van der Waals surface area contributed by atoms with Gasteiger partial charge in [0.1, 0.15) is 22.2 Å². The maximum Gasteiger partial charge on any atom is 0.324 e. The molecule has 4 aromatic rings. The molecule has 0 spiro atoms. The second-order valence-corrected chi connectivity index (χ2v) is 6.90. The molecule has 10 heteroatoms. The van der Waals surface area contributed by atoms with Crippen LogP contribution in [0.25, 0.3) is 22.2 Å². The van der Waals surface area contributed by atoms with Crippen LogP contribution in [0.5, 0.6) is 0 Å². The molecule has 0 fully saturated rings. The number of anilines is 2. The predicted octanol–water partition coefficient (Wildman–Crippen LogP) is 4.21. The van der Waals surface area contributed by atoms with Gasteiger partial charge < -0.3 is 9.73 Å². The number of aromatic nitrogens is 5. The summed E-state index contributed by atoms with van der Waals surface area (Å²) < 4.78 is 7.12. The van der Waals surface area contributed by atoms with Crippen LogP contribution in [0.2, 0.25) is 0 Å². The van der Waals surface area contributed by atoms with Crippen molar-refractivity contribution in [3.05, 3.63) is 42.2 Å². The molecule has 2 amide bonds. The number of thiazole rings is 1. The van der Waals surface area contributed by atoms with Crippen molar-refractivity contribution in [1.29, 1.82) is 0 Å². The van der Waals surface area contributed by atoms with E-state index in [-0.39, 0.29) is 6.04 Å². The van der Waals surface area contributed by atoms with Crippen LogP contribution >= 0.6 is 11.3 Å². The first-order chi connectivity index (χ1) is 13.1. The molecule has 27 heavy (non-hydrogen) atoms. The lowest BCUT2D eigenvalue weighted by Gasteiger charge is -2.12. The number of carbonyl (C=O) groups is 1. The van der Waals surface area contributed by atoms with E-state index >= 15 is 0 Å². The number of rotatable bonds is 5. The number of hydrogen-bond donors (Lipinski definition) is 3. The number of carbonyl (C=O) groups excluding carboxylic acids is 1. The van der Waals surface area contributed by atoms with E-state index in [4.69, 9.17) is 4.42 Å². The quantitative estimate of drug-likeness (QED) is 0.477. The third-order valence-electron chi connectivity index (χ3n) is 3.77. The lowest BCUT2D eigenvalue weighted by Crippen LogP contribution is -2.22. The minimum atomic E-state index is -0.401. The molecule has 0 aliphatic heterocycles. The predicted molar refractivity (Wildman–Crippen MR) is 103 cm³/mol. The minimum absolute atomic E-state index is 0.0591. The van der Waals surface area contributed by atoms with Gasteiger partial charge in [-0.15, -0.1) is 11.3 Å². The fourth-order valence-corrected chi connectivity index (χ4v) is 3.23. The second-order valence-electron chi connectivity index (χ2n) is 6.01. The molecule has 0 aliphatic carbocycles. The Morgan fingerprint density at radius 1 is 1.37 bits per heavy atom. The van der Waals surface area contributed by atoms with E-state index in [0.29, 0.717) is 28.7 Å². The van der Waals surface area contributed by atoms with Crippen LogP contribution in [0.3, 0.4) is 0 Å². The molecule has 0 unspecified atom stereocenters. The Morgan fingerprint density at radius 2 is 2.26 bits per heavy atom. The number of nitrogens with one attached hydrogen (secondary N) is 3. The van der Waals surface area contributed by atoms with Crippen molar-refractivity contribution in [2.45, 2.75) is 19.9 Å². The van der Waals surface area contributed by atoms with E-state index in [2.05, 4.69) is 30.9 Å². The maximum absolute atomic E-state index is 12.5. The molecule has 138 valence electrons. The Bertz CT molecular complexity index is 1030. The average molecular weight is 383 g/mol. The van der Waals surface area contributed by atoms with Gasteiger partial charge in [0.15, 0.2) is 5.76 Å². The van der Waals surface area contributed by atoms with Gasteiger partial charge in [-0.1, -0.05) is 0 Å². The van der Waals surface area contributed by atoms with Gasteiger partial charge in [0.2, 0.25) is 0 Å². The Morgan fingerprint density at radius 3 is 2.96 bits per heavy atom. The first kappa shape index (κ1) is 17.0. The van der Waals surface area contributed by atoms with Gasteiger partial charge in [-0.25, -0.2) is 14.5 Å². The van der Waals surface area contributed by atoms with Crippen molar-refractivity contribution in [2.24, 2.45) is 0 Å². The standard InChI is InChI=1S/C17H17N7O2S/c1-10(2)24-14(8-11(23-24)13-4-3-6-26-13)21-17(25)20-12-9-19-22-15(12)16-18-5-7-27-16/h3-10H,1-2H3,(H,19,22)(H2,20,21,25). The zero-order valence-electron chi connectivity index (χ0n) is 14.6. The first-order valence-corrected chi connectivity index (χ1v) is 9.14. The maximum atomic E-state index is 12.5. The molecule has 9 nitrogen and oxygen atoms in total. The summed E-state index contributed by atoms with van der Waals surface area (Å²) in [5.74, 6) is 1.20. The normalized spacial score (nSPS) is 11.1. The summed E-state index contributed by atoms with van der Waals surface area (Å²) in [5.41, 5.74) is 1.86. The Balaban J connectivity index is 1.54. The largest absolute Gasteiger partial charge is 0.463 e. The number of H-pyrrole nitrogens is 1. The van der Waals surface area contributed by atoms with Crippen molar-refractivity contribution < 1.29 is 9.21 Å². The number of hydrogen-bond acceptors (Lipinski definition) is 6. The molecule has 4 aromatic heterocycles. The lowest BCUT2D eigenvalue weighted by atomic mass is 10.3. The zero-order valence-corrected chi connectivity index (χ0v) is 15.4. The third-order valence-corrected chi connectivity index (χ3v) is 4.56. The number of furan rings is 1. The van der Waals surface area contributed by atoms with Gasteiger partial charge in [-0.2, -0.15) is 10.2 Å². The summed E-state index contributed by atoms with van der Waals surface area (Å²) in [6.45, 7) is 3.97. The van der Waals surface area contributed by atoms with Gasteiger partial charge >= 0.3 is 6.03 Å². The number of urea groups is 1. The average Bonchev–Trinajstić information content (AvgIpc) is 3.41. The van der Waals surface area contributed by atoms with E-state index in [1.165, 1.54) is 11.3 Å². The highest BCUT2D eigenvalue weighted by molar-refractivity contribution is 7.13. The van der Waals surface area contributed by atoms with Gasteiger partial charge in [0.25, 0.3) is 0 Å². The molecular formula is C17H17N7O2S. The van der Waals surface area contributed by atoms with Crippen LogP contribution in [0, 0.1) is 0 Å². The highest BCUT2D eigenvalue weighted by atomic mass is 32.1. The van der Waals surface area contributed by atoms with Gasteiger partial charge in [0.05, 0.1) is 18.1 Å². The van der Waals surface area contributed by atoms with Crippen LogP contribution in [0.4, 0.5) is 16.3 Å². The molecule has 4 heterocycles. The van der Waals surface area contributed by atoms with E-state index in [9.17, 15) is 4.79 Å². The molecule has 0 saturated heterocycles. The smallest absolute Gasteiger partial charge is 0.324 e. The highest BCUT2D eigenvalue weighted by Gasteiger charge is 2.17. The van der Waals surface area contributed by atoms with E-state index in [1.807, 2.05) is 25.3 Å².